The van der Waals surface area contributed by atoms with E-state index in [9.17, 15) is 18.7 Å². The molecule has 1 atom stereocenters. The van der Waals surface area contributed by atoms with E-state index in [0.29, 0.717) is 17.8 Å². The number of carbonyl (C=O) groups is 1. The van der Waals surface area contributed by atoms with Gasteiger partial charge >= 0.3 is 0 Å². The maximum absolute atomic E-state index is 14.3. The number of carbonyl (C=O) groups excluding carboxylic acids is 1. The van der Waals surface area contributed by atoms with Crippen LogP contribution in [0.1, 0.15) is 25.8 Å². The lowest BCUT2D eigenvalue weighted by Gasteiger charge is -2.39. The lowest BCUT2D eigenvalue weighted by atomic mass is 10.00. The van der Waals surface area contributed by atoms with E-state index in [0.717, 1.165) is 35.0 Å². The first-order valence-corrected chi connectivity index (χ1v) is 9.34. The monoisotopic (exact) mass is 404 g/mol. The fourth-order valence-electron chi connectivity index (χ4n) is 3.04. The van der Waals surface area contributed by atoms with Crippen LogP contribution in [-0.4, -0.2) is 39.2 Å². The molecule has 5 nitrogen and oxygen atoms in total. The largest absolute Gasteiger partial charge is 0.493 e. The van der Waals surface area contributed by atoms with Crippen LogP contribution in [0.5, 0.6) is 0 Å². The number of benzene rings is 1. The van der Waals surface area contributed by atoms with Gasteiger partial charge in [-0.05, 0) is 44.2 Å². The van der Waals surface area contributed by atoms with Crippen LogP contribution in [0.4, 0.5) is 8.78 Å². The Morgan fingerprint density at radius 3 is 3.00 bits per heavy atom. The van der Waals surface area contributed by atoms with Gasteiger partial charge in [-0.2, -0.15) is 5.10 Å². The molecule has 3 rings (SSSR count). The molecule has 0 saturated carbocycles. The number of halogens is 2. The van der Waals surface area contributed by atoms with Gasteiger partial charge < -0.3 is 9.84 Å². The number of aliphatic hydroxyl groups is 1. The first-order chi connectivity index (χ1) is 13.4. The molecule has 0 bridgehead atoms. The van der Waals surface area contributed by atoms with Gasteiger partial charge in [0.15, 0.2) is 0 Å². The molecule has 0 radical (unpaired) electrons. The molecule has 2 heterocycles. The topological polar surface area (TPSA) is 62.1 Å². The Bertz CT molecular complexity index is 962. The summed E-state index contributed by atoms with van der Waals surface area (Å²) in [6.45, 7) is 3.01. The van der Waals surface area contributed by atoms with Crippen LogP contribution < -0.4 is 0 Å². The number of hydrogen-bond acceptors (Lipinski definition) is 5. The summed E-state index contributed by atoms with van der Waals surface area (Å²) in [6.07, 6.45) is 3.69. The van der Waals surface area contributed by atoms with Gasteiger partial charge in [0.2, 0.25) is 0 Å². The summed E-state index contributed by atoms with van der Waals surface area (Å²) < 4.78 is 33.7. The van der Waals surface area contributed by atoms with Crippen molar-refractivity contribution in [2.75, 3.05) is 13.2 Å². The second-order valence-electron chi connectivity index (χ2n) is 6.09. The van der Waals surface area contributed by atoms with Crippen molar-refractivity contribution in [3.63, 3.8) is 0 Å². The smallest absolute Gasteiger partial charge is 0.270 e. The van der Waals surface area contributed by atoms with Gasteiger partial charge in [0.1, 0.15) is 33.9 Å². The van der Waals surface area contributed by atoms with Crippen LogP contribution in [0, 0.1) is 23.5 Å². The molecule has 1 spiro atoms. The Morgan fingerprint density at radius 1 is 1.50 bits per heavy atom. The third-order valence-corrected chi connectivity index (χ3v) is 5.96. The van der Waals surface area contributed by atoms with Crippen molar-refractivity contribution in [3.8, 4) is 11.8 Å². The van der Waals surface area contributed by atoms with Crippen LogP contribution in [0.2, 0.25) is 0 Å². The molecule has 1 aromatic rings. The van der Waals surface area contributed by atoms with E-state index in [1.165, 1.54) is 0 Å². The Balaban J connectivity index is 2.09. The van der Waals surface area contributed by atoms with Gasteiger partial charge in [0.25, 0.3) is 5.91 Å². The molecule has 1 unspecified atom stereocenters. The number of hydrazone groups is 1. The summed E-state index contributed by atoms with van der Waals surface area (Å²) >= 11 is 1.14. The molecular weight excluding hydrogens is 386 g/mol. The van der Waals surface area contributed by atoms with E-state index in [2.05, 4.69) is 16.9 Å². The number of nitrogens with zero attached hydrogens (tertiary/aromatic N) is 2. The SMILES string of the molecule is CC#C/C=C\C1=C(C)C2(CCO1)SC(c1cc(F)ccc1F)=NN2C(=O)CO. The number of amides is 1. The lowest BCUT2D eigenvalue weighted by Crippen LogP contribution is -2.48. The first-order valence-electron chi connectivity index (χ1n) is 8.53. The molecule has 8 heteroatoms. The second kappa shape index (κ2) is 8.17. The number of hydrogen-bond donors (Lipinski definition) is 1. The summed E-state index contributed by atoms with van der Waals surface area (Å²) in [6, 6.07) is 3.07. The zero-order valence-electron chi connectivity index (χ0n) is 15.3. The maximum atomic E-state index is 14.3. The van der Waals surface area contributed by atoms with Crippen molar-refractivity contribution in [2.24, 2.45) is 5.10 Å². The Labute approximate surface area is 165 Å². The minimum absolute atomic E-state index is 0.0363. The number of allylic oxidation sites excluding steroid dienone is 2. The second-order valence-corrected chi connectivity index (χ2v) is 7.36. The van der Waals surface area contributed by atoms with Gasteiger partial charge in [-0.1, -0.05) is 17.7 Å². The Morgan fingerprint density at radius 2 is 2.29 bits per heavy atom. The molecule has 28 heavy (non-hydrogen) atoms. The van der Waals surface area contributed by atoms with E-state index in [-0.39, 0.29) is 17.2 Å². The molecule has 0 saturated heterocycles. The minimum Gasteiger partial charge on any atom is -0.493 e. The van der Waals surface area contributed by atoms with E-state index in [4.69, 9.17) is 4.74 Å². The highest BCUT2D eigenvalue weighted by Crippen LogP contribution is 2.50. The molecule has 0 aliphatic carbocycles. The van der Waals surface area contributed by atoms with Crippen molar-refractivity contribution < 1.29 is 23.4 Å². The molecule has 2 aliphatic heterocycles. The van der Waals surface area contributed by atoms with Crippen molar-refractivity contribution in [2.45, 2.75) is 25.1 Å². The highest BCUT2D eigenvalue weighted by Gasteiger charge is 2.51. The minimum atomic E-state index is -0.995. The first kappa shape index (κ1) is 20.1. The molecule has 0 aromatic heterocycles. The summed E-state index contributed by atoms with van der Waals surface area (Å²) in [5.74, 6) is 4.16. The van der Waals surface area contributed by atoms with Crippen molar-refractivity contribution >= 4 is 22.7 Å². The zero-order chi connectivity index (χ0) is 20.3. The molecule has 146 valence electrons. The summed E-state index contributed by atoms with van der Waals surface area (Å²) in [5, 5.41) is 15.0. The average Bonchev–Trinajstić information content (AvgIpc) is 3.07. The van der Waals surface area contributed by atoms with E-state index in [1.807, 2.05) is 0 Å². The number of thioether (sulfide) groups is 1. The number of aliphatic hydroxyl groups excluding tert-OH is 1. The Kier molecular flexibility index (Phi) is 5.87. The highest BCUT2D eigenvalue weighted by molar-refractivity contribution is 8.16. The summed E-state index contributed by atoms with van der Waals surface area (Å²) in [7, 11) is 0. The number of rotatable bonds is 3. The fourth-order valence-corrected chi connectivity index (χ4v) is 4.42. The van der Waals surface area contributed by atoms with Gasteiger partial charge in [-0.3, -0.25) is 4.79 Å². The molecule has 1 amide bonds. The normalized spacial score (nSPS) is 21.6. The van der Waals surface area contributed by atoms with Gasteiger partial charge in [-0.25, -0.2) is 13.8 Å². The van der Waals surface area contributed by atoms with Gasteiger partial charge in [0.05, 0.1) is 6.61 Å². The van der Waals surface area contributed by atoms with Crippen LogP contribution >= 0.6 is 11.8 Å². The number of ether oxygens (including phenoxy) is 1. The molecule has 0 fully saturated rings. The molecule has 1 N–H and O–H groups in total. The van der Waals surface area contributed by atoms with E-state index >= 15 is 0 Å². The molecule has 2 aliphatic rings. The third-order valence-electron chi connectivity index (χ3n) is 4.45. The van der Waals surface area contributed by atoms with E-state index < -0.39 is 29.0 Å². The fraction of sp³-hybridized carbons (Fsp3) is 0.300. The van der Waals surface area contributed by atoms with Crippen molar-refractivity contribution in [1.29, 1.82) is 0 Å². The van der Waals surface area contributed by atoms with Gasteiger partial charge in [-0.15, -0.1) is 5.92 Å². The highest BCUT2D eigenvalue weighted by atomic mass is 32.2. The van der Waals surface area contributed by atoms with Crippen molar-refractivity contribution in [3.05, 3.63) is 58.9 Å². The van der Waals surface area contributed by atoms with Crippen LogP contribution in [0.15, 0.2) is 46.8 Å². The Hall–Kier alpha value is -2.63. The third kappa shape index (κ3) is 3.55. The van der Waals surface area contributed by atoms with E-state index in [1.54, 1.807) is 26.0 Å². The molecular formula is C20H18F2N2O3S. The maximum Gasteiger partial charge on any atom is 0.270 e. The quantitative estimate of drug-likeness (QED) is 0.787. The molecule has 1 aromatic carbocycles. The van der Waals surface area contributed by atoms with Crippen LogP contribution in [-0.2, 0) is 9.53 Å². The predicted molar refractivity (Wildman–Crippen MR) is 103 cm³/mol. The van der Waals surface area contributed by atoms with Crippen LogP contribution in [0.25, 0.3) is 0 Å². The average molecular weight is 404 g/mol. The van der Waals surface area contributed by atoms with Crippen LogP contribution in [0.3, 0.4) is 0 Å². The van der Waals surface area contributed by atoms with Gasteiger partial charge in [0, 0.05) is 17.6 Å². The summed E-state index contributed by atoms with van der Waals surface area (Å²) in [4.78, 5) is 11.4. The lowest BCUT2D eigenvalue weighted by molar-refractivity contribution is -0.137. The predicted octanol–water partition coefficient (Wildman–Crippen LogP) is 3.16. The zero-order valence-corrected chi connectivity index (χ0v) is 16.1. The summed E-state index contributed by atoms with van der Waals surface area (Å²) in [5.41, 5.74) is 0.640. The standard InChI is InChI=1S/C20H18F2N2O3S/c1-3-4-5-6-17-13(2)20(9-10-27-17)24(18(26)12-25)23-19(28-20)15-11-14(21)7-8-16(15)22/h5-8,11,25H,9-10,12H2,1-2H3/b6-5-. The van der Waals surface area contributed by atoms with Crippen molar-refractivity contribution in [1.82, 2.24) is 5.01 Å².